The summed E-state index contributed by atoms with van der Waals surface area (Å²) in [6.45, 7) is 1.87. The van der Waals surface area contributed by atoms with Crippen molar-refractivity contribution in [1.29, 1.82) is 0 Å². The Morgan fingerprint density at radius 2 is 2.07 bits per heavy atom. The van der Waals surface area contributed by atoms with Crippen LogP contribution in [-0.4, -0.2) is 24.1 Å². The number of primary amides is 1. The molecule has 3 amide bonds. The maximum Gasteiger partial charge on any atom is 0.423 e. The van der Waals surface area contributed by atoms with Gasteiger partial charge in [-0.25, -0.2) is 14.5 Å². The molecule has 1 aromatic carbocycles. The molecule has 0 unspecified atom stereocenters. The molecule has 0 spiro atoms. The number of carbonyl (C=O) groups is 2. The molecule has 0 aliphatic carbocycles. The van der Waals surface area contributed by atoms with Crippen LogP contribution in [0.15, 0.2) is 24.3 Å². The van der Waals surface area contributed by atoms with Crippen molar-refractivity contribution in [1.82, 2.24) is 4.90 Å². The highest BCUT2D eigenvalue weighted by Gasteiger charge is 2.15. The molecule has 2 N–H and O–H groups in total. The molecule has 0 saturated heterocycles. The predicted molar refractivity (Wildman–Crippen MR) is 54.5 cm³/mol. The Kier molecular flexibility index (Phi) is 3.28. The van der Waals surface area contributed by atoms with Crippen LogP contribution in [0.5, 0.6) is 5.75 Å². The Morgan fingerprint density at radius 1 is 1.40 bits per heavy atom. The number of carbonyl (C=O) groups excluding carboxylic acids is 2. The second-order valence-electron chi connectivity index (χ2n) is 3.08. The van der Waals surface area contributed by atoms with Gasteiger partial charge in [-0.05, 0) is 24.6 Å². The number of imide groups is 1. The van der Waals surface area contributed by atoms with Crippen LogP contribution in [0.2, 0.25) is 0 Å². The molecular formula is C10H12N2O3. The van der Waals surface area contributed by atoms with Crippen LogP contribution < -0.4 is 10.5 Å². The number of amides is 3. The lowest BCUT2D eigenvalue weighted by Crippen LogP contribution is -2.39. The van der Waals surface area contributed by atoms with Crippen molar-refractivity contribution in [3.05, 3.63) is 29.8 Å². The summed E-state index contributed by atoms with van der Waals surface area (Å²) < 4.78 is 4.90. The number of benzene rings is 1. The summed E-state index contributed by atoms with van der Waals surface area (Å²) in [5, 5.41) is 0. The molecule has 0 aromatic heterocycles. The van der Waals surface area contributed by atoms with Gasteiger partial charge in [-0.2, -0.15) is 0 Å². The molecule has 5 nitrogen and oxygen atoms in total. The summed E-state index contributed by atoms with van der Waals surface area (Å²) in [6, 6.07) is 6.08. The van der Waals surface area contributed by atoms with Crippen LogP contribution in [0.3, 0.4) is 0 Å². The van der Waals surface area contributed by atoms with Gasteiger partial charge >= 0.3 is 12.1 Å². The van der Waals surface area contributed by atoms with E-state index in [2.05, 4.69) is 0 Å². The minimum absolute atomic E-state index is 0.383. The van der Waals surface area contributed by atoms with Gasteiger partial charge in [0.25, 0.3) is 0 Å². The van der Waals surface area contributed by atoms with Gasteiger partial charge in [-0.3, -0.25) is 0 Å². The molecule has 0 atom stereocenters. The standard InChI is InChI=1S/C10H12N2O3/c1-7-4-3-5-8(6-7)15-10(14)12(2)9(11)13/h3-6H,1-2H3,(H2,11,13). The summed E-state index contributed by atoms with van der Waals surface area (Å²) >= 11 is 0. The highest BCUT2D eigenvalue weighted by Crippen LogP contribution is 2.13. The molecule has 1 rings (SSSR count). The maximum atomic E-state index is 11.3. The Hall–Kier alpha value is -2.04. The van der Waals surface area contributed by atoms with Crippen molar-refractivity contribution in [2.45, 2.75) is 6.92 Å². The fourth-order valence-electron chi connectivity index (χ4n) is 0.938. The molecular weight excluding hydrogens is 196 g/mol. The number of rotatable bonds is 1. The van der Waals surface area contributed by atoms with Crippen LogP contribution in [-0.2, 0) is 0 Å². The lowest BCUT2D eigenvalue weighted by molar-refractivity contribution is 0.165. The van der Waals surface area contributed by atoms with E-state index in [0.717, 1.165) is 5.56 Å². The molecule has 0 radical (unpaired) electrons. The van der Waals surface area contributed by atoms with Crippen LogP contribution in [0.1, 0.15) is 5.56 Å². The van der Waals surface area contributed by atoms with E-state index in [0.29, 0.717) is 10.6 Å². The van der Waals surface area contributed by atoms with Crippen LogP contribution in [0.25, 0.3) is 0 Å². The van der Waals surface area contributed by atoms with Gasteiger partial charge in [-0.1, -0.05) is 12.1 Å². The first kappa shape index (κ1) is 11.0. The summed E-state index contributed by atoms with van der Waals surface area (Å²) in [5.74, 6) is 0.383. The Balaban J connectivity index is 2.70. The molecule has 0 aliphatic heterocycles. The van der Waals surface area contributed by atoms with E-state index in [1.807, 2.05) is 13.0 Å². The molecule has 5 heteroatoms. The van der Waals surface area contributed by atoms with E-state index in [1.54, 1.807) is 18.2 Å². The monoisotopic (exact) mass is 208 g/mol. The van der Waals surface area contributed by atoms with Gasteiger partial charge in [0.15, 0.2) is 0 Å². The summed E-state index contributed by atoms with van der Waals surface area (Å²) in [6.07, 6.45) is -0.798. The molecule has 1 aromatic rings. The molecule has 0 fully saturated rings. The van der Waals surface area contributed by atoms with Gasteiger partial charge < -0.3 is 10.5 Å². The third-order valence-corrected chi connectivity index (χ3v) is 1.80. The maximum absolute atomic E-state index is 11.3. The van der Waals surface area contributed by atoms with Crippen molar-refractivity contribution in [2.75, 3.05) is 7.05 Å². The lowest BCUT2D eigenvalue weighted by Gasteiger charge is -2.12. The summed E-state index contributed by atoms with van der Waals surface area (Å²) in [7, 11) is 1.25. The third-order valence-electron chi connectivity index (χ3n) is 1.80. The van der Waals surface area contributed by atoms with E-state index < -0.39 is 12.1 Å². The van der Waals surface area contributed by atoms with E-state index in [-0.39, 0.29) is 0 Å². The van der Waals surface area contributed by atoms with Crippen LogP contribution >= 0.6 is 0 Å². The van der Waals surface area contributed by atoms with Crippen LogP contribution in [0, 0.1) is 6.92 Å². The average molecular weight is 208 g/mol. The number of hydrogen-bond donors (Lipinski definition) is 1. The number of aryl methyl sites for hydroxylation is 1. The Morgan fingerprint density at radius 3 is 2.60 bits per heavy atom. The summed E-state index contributed by atoms with van der Waals surface area (Å²) in [4.78, 5) is 22.6. The zero-order chi connectivity index (χ0) is 11.4. The zero-order valence-corrected chi connectivity index (χ0v) is 8.56. The number of urea groups is 1. The fourth-order valence-corrected chi connectivity index (χ4v) is 0.938. The second-order valence-corrected chi connectivity index (χ2v) is 3.08. The van der Waals surface area contributed by atoms with E-state index in [1.165, 1.54) is 7.05 Å². The van der Waals surface area contributed by atoms with Gasteiger partial charge in [0.1, 0.15) is 5.75 Å². The average Bonchev–Trinajstić information content (AvgIpc) is 2.16. The van der Waals surface area contributed by atoms with E-state index >= 15 is 0 Å². The largest absolute Gasteiger partial charge is 0.423 e. The molecule has 0 bridgehead atoms. The molecule has 15 heavy (non-hydrogen) atoms. The smallest absolute Gasteiger partial charge is 0.410 e. The van der Waals surface area contributed by atoms with Crippen molar-refractivity contribution >= 4 is 12.1 Å². The zero-order valence-electron chi connectivity index (χ0n) is 8.56. The SMILES string of the molecule is Cc1cccc(OC(=O)N(C)C(N)=O)c1. The van der Waals surface area contributed by atoms with Crippen molar-refractivity contribution in [2.24, 2.45) is 5.73 Å². The van der Waals surface area contributed by atoms with Crippen molar-refractivity contribution in [3.63, 3.8) is 0 Å². The highest BCUT2D eigenvalue weighted by atomic mass is 16.6. The van der Waals surface area contributed by atoms with Gasteiger partial charge in [0.05, 0.1) is 0 Å². The van der Waals surface area contributed by atoms with Gasteiger partial charge in [0, 0.05) is 7.05 Å². The highest BCUT2D eigenvalue weighted by molar-refractivity contribution is 5.90. The molecule has 0 saturated carbocycles. The topological polar surface area (TPSA) is 72.6 Å². The number of hydrogen-bond acceptors (Lipinski definition) is 3. The Labute approximate surface area is 87.4 Å². The third kappa shape index (κ3) is 2.98. The predicted octanol–water partition coefficient (Wildman–Crippen LogP) is 1.50. The first-order valence-corrected chi connectivity index (χ1v) is 4.32. The van der Waals surface area contributed by atoms with Gasteiger partial charge in [-0.15, -0.1) is 0 Å². The van der Waals surface area contributed by atoms with Gasteiger partial charge in [0.2, 0.25) is 0 Å². The summed E-state index contributed by atoms with van der Waals surface area (Å²) in [5.41, 5.74) is 5.87. The number of nitrogens with two attached hydrogens (primary N) is 1. The normalized spacial score (nSPS) is 9.47. The quantitative estimate of drug-likeness (QED) is 0.760. The first-order valence-electron chi connectivity index (χ1n) is 4.32. The minimum Gasteiger partial charge on any atom is -0.410 e. The molecule has 0 aliphatic rings. The lowest BCUT2D eigenvalue weighted by atomic mass is 10.2. The minimum atomic E-state index is -0.854. The van der Waals surface area contributed by atoms with E-state index in [4.69, 9.17) is 10.5 Å². The van der Waals surface area contributed by atoms with Crippen LogP contribution in [0.4, 0.5) is 9.59 Å². The fraction of sp³-hybridized carbons (Fsp3) is 0.200. The molecule has 0 heterocycles. The molecule has 80 valence electrons. The van der Waals surface area contributed by atoms with E-state index in [9.17, 15) is 9.59 Å². The second kappa shape index (κ2) is 4.45. The number of ether oxygens (including phenoxy) is 1. The Bertz CT molecular complexity index is 390. The number of nitrogens with zero attached hydrogens (tertiary/aromatic N) is 1. The van der Waals surface area contributed by atoms with Crippen molar-refractivity contribution in [3.8, 4) is 5.75 Å². The first-order chi connectivity index (χ1) is 7.00. The van der Waals surface area contributed by atoms with Crippen molar-refractivity contribution < 1.29 is 14.3 Å².